The lowest BCUT2D eigenvalue weighted by molar-refractivity contribution is -0.305. The number of hydrogen-bond donors (Lipinski definition) is 0. The number of halogens is 11. The van der Waals surface area contributed by atoms with Gasteiger partial charge in [0, 0.05) is 0 Å². The van der Waals surface area contributed by atoms with Crippen LogP contribution in [0.4, 0.5) is 48.3 Å². The molecule has 5 nitrogen and oxygen atoms in total. The summed E-state index contributed by atoms with van der Waals surface area (Å²) in [6, 6.07) is 19.3. The van der Waals surface area contributed by atoms with Crippen molar-refractivity contribution >= 4 is 0 Å². The topological polar surface area (TPSA) is 46.2 Å². The molecule has 3 aromatic rings. The molecule has 4 rings (SSSR count). The molecule has 16 heteroatoms. The van der Waals surface area contributed by atoms with Gasteiger partial charge in [0.1, 0.15) is 29.5 Å². The van der Waals surface area contributed by atoms with E-state index in [2.05, 4.69) is 25.5 Å². The van der Waals surface area contributed by atoms with E-state index in [1.54, 1.807) is 50.2 Å². The van der Waals surface area contributed by atoms with E-state index in [0.717, 1.165) is 12.0 Å². The first-order valence-electron chi connectivity index (χ1n) is 22.8. The third-order valence-electron chi connectivity index (χ3n) is 12.4. The van der Waals surface area contributed by atoms with Gasteiger partial charge >= 0.3 is 24.5 Å². The number of benzene rings is 3. The van der Waals surface area contributed by atoms with Gasteiger partial charge in [-0.25, -0.2) is 0 Å². The summed E-state index contributed by atoms with van der Waals surface area (Å²) in [5, 5.41) is 0. The molecule has 67 heavy (non-hydrogen) atoms. The predicted octanol–water partition coefficient (Wildman–Crippen LogP) is 16.6. The fourth-order valence-electron chi connectivity index (χ4n) is 6.85. The van der Waals surface area contributed by atoms with Crippen LogP contribution >= 0.6 is 0 Å². The molecule has 0 saturated heterocycles. The normalized spacial score (nSPS) is 17.1. The molecule has 3 aromatic carbocycles. The van der Waals surface area contributed by atoms with E-state index in [1.165, 1.54) is 77.1 Å². The van der Waals surface area contributed by atoms with Gasteiger partial charge in [0.15, 0.2) is 12.6 Å². The van der Waals surface area contributed by atoms with Crippen LogP contribution in [0.15, 0.2) is 72.8 Å². The fourth-order valence-corrected chi connectivity index (χ4v) is 6.85. The Morgan fingerprint density at radius 3 is 1.19 bits per heavy atom. The van der Waals surface area contributed by atoms with Crippen LogP contribution in [0.25, 0.3) is 0 Å². The summed E-state index contributed by atoms with van der Waals surface area (Å²) in [4.78, 5) is 0. The van der Waals surface area contributed by atoms with Crippen molar-refractivity contribution in [2.75, 3.05) is 13.2 Å². The molecular weight excluding hydrogens is 902 g/mol. The van der Waals surface area contributed by atoms with E-state index in [9.17, 15) is 48.3 Å². The molecule has 0 aliphatic heterocycles. The molecule has 1 aliphatic carbocycles. The summed E-state index contributed by atoms with van der Waals surface area (Å²) in [5.74, 6) is -2.86. The Balaban J connectivity index is 0.000000349. The van der Waals surface area contributed by atoms with Crippen LogP contribution in [-0.4, -0.2) is 55.8 Å². The zero-order valence-corrected chi connectivity index (χ0v) is 40.9. The van der Waals surface area contributed by atoms with Gasteiger partial charge in [0.25, 0.3) is 0 Å². The molecule has 1 fully saturated rings. The summed E-state index contributed by atoms with van der Waals surface area (Å²) < 4.78 is 168. The average Bonchev–Trinajstić information content (AvgIpc) is 3.24. The Kier molecular flexibility index (Phi) is 21.4. The molecule has 0 radical (unpaired) electrons. The highest BCUT2D eigenvalue weighted by Crippen LogP contribution is 2.45. The maximum atomic E-state index is 13.3. The highest BCUT2D eigenvalue weighted by Gasteiger charge is 2.58. The fraction of sp³-hybridized carbons (Fsp3) is 0.647. The van der Waals surface area contributed by atoms with Crippen molar-refractivity contribution in [3.63, 3.8) is 0 Å². The minimum atomic E-state index is -5.64. The van der Waals surface area contributed by atoms with E-state index < -0.39 is 54.5 Å². The third kappa shape index (κ3) is 17.9. The van der Waals surface area contributed by atoms with Crippen LogP contribution in [0.2, 0.25) is 0 Å². The molecule has 4 atom stereocenters. The minimum absolute atomic E-state index is 0.00237. The first-order chi connectivity index (χ1) is 30.6. The van der Waals surface area contributed by atoms with E-state index >= 15 is 0 Å². The van der Waals surface area contributed by atoms with Crippen molar-refractivity contribution in [2.45, 2.75) is 193 Å². The van der Waals surface area contributed by atoms with Gasteiger partial charge in [-0.3, -0.25) is 0 Å². The van der Waals surface area contributed by atoms with Gasteiger partial charge in [-0.05, 0) is 145 Å². The largest absolute Gasteiger partial charge is 0.488 e. The molecule has 0 amide bonds. The van der Waals surface area contributed by atoms with E-state index in [-0.39, 0.29) is 35.0 Å². The van der Waals surface area contributed by atoms with Crippen LogP contribution in [0.1, 0.15) is 151 Å². The summed E-state index contributed by atoms with van der Waals surface area (Å²) in [7, 11) is 0. The Morgan fingerprint density at radius 1 is 0.478 bits per heavy atom. The second kappa shape index (κ2) is 24.2. The van der Waals surface area contributed by atoms with Gasteiger partial charge in [0.05, 0.1) is 17.4 Å². The van der Waals surface area contributed by atoms with Crippen LogP contribution in [-0.2, 0) is 25.7 Å². The quantitative estimate of drug-likeness (QED) is 0.0996. The zero-order chi connectivity index (χ0) is 51.3. The number of ether oxygens (including phenoxy) is 5. The van der Waals surface area contributed by atoms with Crippen molar-refractivity contribution in [1.82, 2.24) is 0 Å². The Morgan fingerprint density at radius 2 is 0.851 bits per heavy atom. The van der Waals surface area contributed by atoms with Crippen molar-refractivity contribution < 1.29 is 72.0 Å². The molecule has 0 bridgehead atoms. The van der Waals surface area contributed by atoms with Crippen molar-refractivity contribution in [3.8, 4) is 17.2 Å². The first kappa shape index (κ1) is 59.3. The van der Waals surface area contributed by atoms with E-state index in [0.29, 0.717) is 29.8 Å². The number of rotatable bonds is 17. The predicted molar refractivity (Wildman–Crippen MR) is 240 cm³/mol. The van der Waals surface area contributed by atoms with E-state index in [4.69, 9.17) is 18.9 Å². The van der Waals surface area contributed by atoms with Crippen molar-refractivity contribution in [3.05, 3.63) is 89.5 Å². The molecule has 1 aliphatic rings. The third-order valence-corrected chi connectivity index (χ3v) is 12.4. The van der Waals surface area contributed by atoms with Crippen LogP contribution < -0.4 is 14.2 Å². The highest BCUT2D eigenvalue weighted by atomic mass is 19.4. The maximum Gasteiger partial charge on any atom is 0.455 e. The Labute approximate surface area is 390 Å². The van der Waals surface area contributed by atoms with Gasteiger partial charge in [-0.2, -0.15) is 48.3 Å². The maximum absolute atomic E-state index is 13.3. The molecule has 0 aromatic heterocycles. The molecule has 0 N–H and O–H groups in total. The van der Waals surface area contributed by atoms with Crippen molar-refractivity contribution in [2.24, 2.45) is 5.92 Å². The summed E-state index contributed by atoms with van der Waals surface area (Å²) in [5.41, 5.74) is -2.43. The monoisotopic (exact) mass is 973 g/mol. The average molecular weight is 973 g/mol. The number of alkyl halides is 11. The van der Waals surface area contributed by atoms with Gasteiger partial charge in [0.2, 0.25) is 0 Å². The van der Waals surface area contributed by atoms with Gasteiger partial charge in [-0.15, -0.1) is 0 Å². The zero-order valence-electron chi connectivity index (χ0n) is 40.9. The van der Waals surface area contributed by atoms with Crippen molar-refractivity contribution in [1.29, 1.82) is 0 Å². The molecular formula is C51H71F11O5. The van der Waals surface area contributed by atoms with Crippen LogP contribution in [0.3, 0.4) is 0 Å². The van der Waals surface area contributed by atoms with Crippen LogP contribution in [0, 0.1) is 5.92 Å². The molecule has 0 heterocycles. The summed E-state index contributed by atoms with van der Waals surface area (Å²) in [6.07, 6.45) is -8.63. The second-order valence-electron chi connectivity index (χ2n) is 19.1. The Bertz CT molecular complexity index is 1860. The lowest BCUT2D eigenvalue weighted by atomic mass is 9.79. The minimum Gasteiger partial charge on any atom is -0.488 e. The summed E-state index contributed by atoms with van der Waals surface area (Å²) in [6.45, 7) is 19.4. The van der Waals surface area contributed by atoms with Crippen LogP contribution in [0.5, 0.6) is 17.2 Å². The molecule has 4 unspecified atom stereocenters. The van der Waals surface area contributed by atoms with Gasteiger partial charge in [-0.1, -0.05) is 90.3 Å². The van der Waals surface area contributed by atoms with Gasteiger partial charge < -0.3 is 23.7 Å². The highest BCUT2D eigenvalue weighted by molar-refractivity contribution is 5.35. The lowest BCUT2D eigenvalue weighted by Gasteiger charge is -2.31. The second-order valence-corrected chi connectivity index (χ2v) is 19.1. The number of hydrogen-bond acceptors (Lipinski definition) is 5. The smallest absolute Gasteiger partial charge is 0.455 e. The lowest BCUT2D eigenvalue weighted by Crippen LogP contribution is -2.42. The Hall–Kier alpha value is -3.79. The SMILES string of the molecule is CCC(C)(C)c1ccc(OC(C)OCC(F)(F)C(F)(F)F)cc1.CCC(C)(c1ccc(OC(C)(C)C)cc1)C(F)(F)F.CCC(C)(c1ccc(OC(C)OCC2CCCCC2)cc1)C(F)(F)F. The molecule has 382 valence electrons. The molecule has 1 saturated carbocycles. The van der Waals surface area contributed by atoms with E-state index in [1.807, 2.05) is 39.8 Å². The standard InChI is InChI=1S/C20H29F3O2.C16H21F5O2.C15H21F3O/c1-4-19(3,20(21,22)23)17-10-12-18(13-11-17)25-15(2)24-14-16-8-6-5-7-9-16;1-5-14(3,4)12-6-8-13(9-7-12)23-11(2)22-10-15(17,18)16(19,20)21;1-6-14(5,15(16,17)18)11-7-9-12(10-8-11)19-13(2,3)4/h10-13,15-16H,4-9,14H2,1-3H3;6-9,11H,5,10H2,1-4H3;7-10H,6H2,1-5H3. The summed E-state index contributed by atoms with van der Waals surface area (Å²) >= 11 is 0. The first-order valence-corrected chi connectivity index (χ1v) is 22.8. The molecule has 0 spiro atoms.